The number of carbonyl (C=O) groups excluding carboxylic acids is 1. The summed E-state index contributed by atoms with van der Waals surface area (Å²) in [6.07, 6.45) is 2.14. The van der Waals surface area contributed by atoms with Gasteiger partial charge in [-0.3, -0.25) is 9.59 Å². The molecule has 5 heteroatoms. The first kappa shape index (κ1) is 15.0. The molecule has 0 saturated carbocycles. The third kappa shape index (κ3) is 3.98. The molecule has 0 aliphatic carbocycles. The maximum Gasteiger partial charge on any atom is 0.309 e. The number of amides is 1. The number of aliphatic carboxylic acids is 1. The van der Waals surface area contributed by atoms with Gasteiger partial charge >= 0.3 is 5.97 Å². The fourth-order valence-corrected chi connectivity index (χ4v) is 2.05. The predicted octanol–water partition coefficient (Wildman–Crippen LogP) is 1.22. The van der Waals surface area contributed by atoms with Gasteiger partial charge in [-0.2, -0.15) is 0 Å². The van der Waals surface area contributed by atoms with E-state index in [1.165, 1.54) is 0 Å². The lowest BCUT2D eigenvalue weighted by Gasteiger charge is -2.36. The second kappa shape index (κ2) is 5.26. The van der Waals surface area contributed by atoms with Crippen LogP contribution in [0.2, 0.25) is 0 Å². The van der Waals surface area contributed by atoms with Gasteiger partial charge < -0.3 is 15.7 Å². The molecule has 1 aliphatic rings. The molecule has 0 bridgehead atoms. The van der Waals surface area contributed by atoms with E-state index in [0.717, 1.165) is 0 Å². The molecule has 1 saturated heterocycles. The lowest BCUT2D eigenvalue weighted by molar-refractivity contribution is -0.153. The Balaban J connectivity index is 2.43. The maximum absolute atomic E-state index is 11.9. The zero-order chi connectivity index (χ0) is 14.0. The van der Waals surface area contributed by atoms with Crippen LogP contribution in [-0.2, 0) is 9.59 Å². The molecule has 0 aromatic heterocycles. The van der Waals surface area contributed by atoms with Crippen molar-refractivity contribution in [3.63, 3.8) is 0 Å². The number of hydrogen-bond acceptors (Lipinski definition) is 3. The first-order valence-corrected chi connectivity index (χ1v) is 6.44. The van der Waals surface area contributed by atoms with Gasteiger partial charge in [-0.05, 0) is 40.0 Å². The van der Waals surface area contributed by atoms with Gasteiger partial charge in [0.05, 0.1) is 5.41 Å². The first-order chi connectivity index (χ1) is 8.14. The minimum Gasteiger partial charge on any atom is -0.481 e. The van der Waals surface area contributed by atoms with E-state index in [9.17, 15) is 9.59 Å². The van der Waals surface area contributed by atoms with Gasteiger partial charge in [0.15, 0.2) is 0 Å². The summed E-state index contributed by atoms with van der Waals surface area (Å²) < 4.78 is 0. The molecule has 3 N–H and O–H groups in total. The van der Waals surface area contributed by atoms with Crippen molar-refractivity contribution >= 4 is 11.9 Å². The summed E-state index contributed by atoms with van der Waals surface area (Å²) in [6.45, 7) is 6.62. The fraction of sp³-hybridized carbons (Fsp3) is 0.846. The van der Waals surface area contributed by atoms with Crippen molar-refractivity contribution in [2.75, 3.05) is 13.1 Å². The van der Waals surface area contributed by atoms with Crippen LogP contribution in [-0.4, -0.2) is 40.5 Å². The predicted molar refractivity (Wildman–Crippen MR) is 69.1 cm³/mol. The number of carboxylic acid groups (broad SMARTS) is 1. The number of nitrogens with zero attached hydrogens (tertiary/aromatic N) is 1. The standard InChI is InChI=1S/C13H24N2O3/c1-12(2,14)5-4-10(16)15-8-6-13(3,7-9-15)11(17)18/h4-9,14H2,1-3H3,(H,17,18). The Kier molecular flexibility index (Phi) is 4.37. The average Bonchev–Trinajstić information content (AvgIpc) is 2.26. The van der Waals surface area contributed by atoms with E-state index in [2.05, 4.69) is 0 Å². The van der Waals surface area contributed by atoms with E-state index in [-0.39, 0.29) is 11.4 Å². The highest BCUT2D eigenvalue weighted by molar-refractivity contribution is 5.78. The van der Waals surface area contributed by atoms with Crippen LogP contribution in [0, 0.1) is 5.41 Å². The molecule has 1 rings (SSSR count). The molecule has 18 heavy (non-hydrogen) atoms. The molecule has 0 radical (unpaired) electrons. The Hall–Kier alpha value is -1.10. The molecule has 1 heterocycles. The van der Waals surface area contributed by atoms with E-state index in [1.807, 2.05) is 13.8 Å². The van der Waals surface area contributed by atoms with Gasteiger partial charge in [0.25, 0.3) is 0 Å². The van der Waals surface area contributed by atoms with Crippen molar-refractivity contribution in [2.24, 2.45) is 11.1 Å². The van der Waals surface area contributed by atoms with Gasteiger partial charge in [0.2, 0.25) is 5.91 Å². The topological polar surface area (TPSA) is 83.6 Å². The zero-order valence-electron chi connectivity index (χ0n) is 11.5. The van der Waals surface area contributed by atoms with E-state index in [0.29, 0.717) is 38.8 Å². The van der Waals surface area contributed by atoms with Gasteiger partial charge in [-0.25, -0.2) is 0 Å². The minimum absolute atomic E-state index is 0.0842. The lowest BCUT2D eigenvalue weighted by atomic mass is 9.80. The summed E-state index contributed by atoms with van der Waals surface area (Å²) in [7, 11) is 0. The van der Waals surface area contributed by atoms with Crippen LogP contribution in [0.3, 0.4) is 0 Å². The number of hydrogen-bond donors (Lipinski definition) is 2. The van der Waals surface area contributed by atoms with Crippen molar-refractivity contribution in [1.29, 1.82) is 0 Å². The quantitative estimate of drug-likeness (QED) is 0.792. The first-order valence-electron chi connectivity index (χ1n) is 6.44. The summed E-state index contributed by atoms with van der Waals surface area (Å²) >= 11 is 0. The fourth-order valence-electron chi connectivity index (χ4n) is 2.05. The Morgan fingerprint density at radius 2 is 1.83 bits per heavy atom. The number of likely N-dealkylation sites (tertiary alicyclic amines) is 1. The molecule has 0 unspecified atom stereocenters. The van der Waals surface area contributed by atoms with Gasteiger partial charge in [-0.1, -0.05) is 0 Å². The second-order valence-electron chi connectivity index (χ2n) is 6.24. The SMILES string of the molecule is CC(C)(N)CCC(=O)N1CCC(C)(C(=O)O)CC1. The van der Waals surface area contributed by atoms with Gasteiger partial charge in [0.1, 0.15) is 0 Å². The highest BCUT2D eigenvalue weighted by atomic mass is 16.4. The average molecular weight is 256 g/mol. The summed E-state index contributed by atoms with van der Waals surface area (Å²) in [6, 6.07) is 0. The largest absolute Gasteiger partial charge is 0.481 e. The maximum atomic E-state index is 11.9. The molecular formula is C13H24N2O3. The van der Waals surface area contributed by atoms with Crippen molar-refractivity contribution in [1.82, 2.24) is 4.90 Å². The zero-order valence-corrected chi connectivity index (χ0v) is 11.5. The number of carbonyl (C=O) groups is 2. The van der Waals surface area contributed by atoms with Crippen LogP contribution in [0.1, 0.15) is 46.5 Å². The Labute approximate surface area is 108 Å². The third-order valence-electron chi connectivity index (χ3n) is 3.72. The summed E-state index contributed by atoms with van der Waals surface area (Å²) in [5.74, 6) is -0.682. The van der Waals surface area contributed by atoms with E-state index < -0.39 is 11.4 Å². The molecule has 0 aromatic carbocycles. The monoisotopic (exact) mass is 256 g/mol. The van der Waals surface area contributed by atoms with E-state index >= 15 is 0 Å². The molecule has 1 aliphatic heterocycles. The Morgan fingerprint density at radius 3 is 2.22 bits per heavy atom. The number of piperidine rings is 1. The highest BCUT2D eigenvalue weighted by Gasteiger charge is 2.37. The molecule has 0 atom stereocenters. The summed E-state index contributed by atoms with van der Waals surface area (Å²) in [4.78, 5) is 24.8. The van der Waals surface area contributed by atoms with Crippen molar-refractivity contribution in [3.05, 3.63) is 0 Å². The summed E-state index contributed by atoms with van der Waals surface area (Å²) in [5, 5.41) is 9.11. The second-order valence-corrected chi connectivity index (χ2v) is 6.24. The minimum atomic E-state index is -0.766. The Bertz CT molecular complexity index is 326. The van der Waals surface area contributed by atoms with Crippen molar-refractivity contribution < 1.29 is 14.7 Å². The molecule has 1 amide bonds. The molecule has 5 nitrogen and oxygen atoms in total. The van der Waals surface area contributed by atoms with Crippen LogP contribution in [0.4, 0.5) is 0 Å². The summed E-state index contributed by atoms with van der Waals surface area (Å²) in [5.41, 5.74) is 4.84. The molecular weight excluding hydrogens is 232 g/mol. The number of carboxylic acids is 1. The molecule has 1 fully saturated rings. The normalized spacial score (nSPS) is 19.7. The number of nitrogens with two attached hydrogens (primary N) is 1. The smallest absolute Gasteiger partial charge is 0.309 e. The lowest BCUT2D eigenvalue weighted by Crippen LogP contribution is -2.45. The van der Waals surface area contributed by atoms with Crippen LogP contribution in [0.15, 0.2) is 0 Å². The highest BCUT2D eigenvalue weighted by Crippen LogP contribution is 2.31. The van der Waals surface area contributed by atoms with Crippen molar-refractivity contribution in [3.8, 4) is 0 Å². The van der Waals surface area contributed by atoms with Crippen LogP contribution in [0.25, 0.3) is 0 Å². The van der Waals surface area contributed by atoms with Crippen LogP contribution >= 0.6 is 0 Å². The van der Waals surface area contributed by atoms with Gasteiger partial charge in [-0.15, -0.1) is 0 Å². The Morgan fingerprint density at radius 1 is 1.33 bits per heavy atom. The van der Waals surface area contributed by atoms with E-state index in [4.69, 9.17) is 10.8 Å². The molecule has 0 spiro atoms. The number of rotatable bonds is 4. The molecule has 104 valence electrons. The van der Waals surface area contributed by atoms with Gasteiger partial charge in [0, 0.05) is 25.0 Å². The van der Waals surface area contributed by atoms with Crippen molar-refractivity contribution in [2.45, 2.75) is 52.0 Å². The van der Waals surface area contributed by atoms with Crippen LogP contribution < -0.4 is 5.73 Å². The third-order valence-corrected chi connectivity index (χ3v) is 3.72. The van der Waals surface area contributed by atoms with Crippen LogP contribution in [0.5, 0.6) is 0 Å². The van der Waals surface area contributed by atoms with E-state index in [1.54, 1.807) is 11.8 Å². The molecule has 0 aromatic rings.